The number of halogens is 2. The van der Waals surface area contributed by atoms with Crippen molar-refractivity contribution in [3.63, 3.8) is 0 Å². The van der Waals surface area contributed by atoms with Crippen molar-refractivity contribution in [3.8, 4) is 0 Å². The molecule has 1 saturated heterocycles. The normalized spacial score (nSPS) is 19.9. The summed E-state index contributed by atoms with van der Waals surface area (Å²) in [5, 5.41) is 0.668. The Labute approximate surface area is 118 Å². The highest BCUT2D eigenvalue weighted by atomic mass is 35.5. The minimum atomic E-state index is 0.0963. The van der Waals surface area contributed by atoms with E-state index in [2.05, 4.69) is 0 Å². The van der Waals surface area contributed by atoms with Gasteiger partial charge in [0.25, 0.3) is 5.91 Å². The molecule has 1 atom stereocenters. The van der Waals surface area contributed by atoms with Crippen molar-refractivity contribution in [2.24, 2.45) is 5.92 Å². The van der Waals surface area contributed by atoms with E-state index in [0.29, 0.717) is 16.8 Å². The minimum Gasteiger partial charge on any atom is -0.338 e. The number of piperidine rings is 1. The van der Waals surface area contributed by atoms with Crippen molar-refractivity contribution in [2.75, 3.05) is 19.0 Å². The van der Waals surface area contributed by atoms with Crippen molar-refractivity contribution >= 4 is 29.1 Å². The van der Waals surface area contributed by atoms with E-state index in [9.17, 15) is 4.79 Å². The number of aryl methyl sites for hydroxylation is 1. The standard InChI is InChI=1S/C14H17Cl2NO/c1-10-7-12(16)4-5-13(10)14(18)17-6-2-3-11(8-15)9-17/h4-5,7,11H,2-3,6,8-9H2,1H3. The molecule has 0 spiro atoms. The predicted molar refractivity (Wildman–Crippen MR) is 75.5 cm³/mol. The quantitative estimate of drug-likeness (QED) is 0.758. The fourth-order valence-electron chi connectivity index (χ4n) is 2.41. The van der Waals surface area contributed by atoms with Gasteiger partial charge in [-0.3, -0.25) is 4.79 Å². The SMILES string of the molecule is Cc1cc(Cl)ccc1C(=O)N1CCCC(CCl)C1. The van der Waals surface area contributed by atoms with E-state index in [0.717, 1.165) is 37.1 Å². The van der Waals surface area contributed by atoms with Crippen LogP contribution in [0.15, 0.2) is 18.2 Å². The van der Waals surface area contributed by atoms with E-state index >= 15 is 0 Å². The van der Waals surface area contributed by atoms with Crippen LogP contribution < -0.4 is 0 Å². The number of nitrogens with zero attached hydrogens (tertiary/aromatic N) is 1. The van der Waals surface area contributed by atoms with Gasteiger partial charge in [-0.05, 0) is 49.4 Å². The largest absolute Gasteiger partial charge is 0.338 e. The number of hydrogen-bond donors (Lipinski definition) is 0. The van der Waals surface area contributed by atoms with Crippen LogP contribution in [0.4, 0.5) is 0 Å². The first-order valence-corrected chi connectivity index (χ1v) is 7.14. The Hall–Kier alpha value is -0.730. The minimum absolute atomic E-state index is 0.0963. The fraction of sp³-hybridized carbons (Fsp3) is 0.500. The highest BCUT2D eigenvalue weighted by Crippen LogP contribution is 2.22. The van der Waals surface area contributed by atoms with Gasteiger partial charge < -0.3 is 4.90 Å². The van der Waals surface area contributed by atoms with Crippen LogP contribution in [0.1, 0.15) is 28.8 Å². The van der Waals surface area contributed by atoms with Crippen molar-refractivity contribution in [2.45, 2.75) is 19.8 Å². The Bertz CT molecular complexity index is 447. The summed E-state index contributed by atoms with van der Waals surface area (Å²) in [6.45, 7) is 3.51. The number of benzene rings is 1. The second-order valence-corrected chi connectivity index (χ2v) is 5.62. The first-order chi connectivity index (χ1) is 8.61. The molecule has 1 amide bonds. The second-order valence-electron chi connectivity index (χ2n) is 4.87. The molecule has 1 aliphatic rings. The van der Waals surface area contributed by atoms with Gasteiger partial charge in [0.15, 0.2) is 0 Å². The highest BCUT2D eigenvalue weighted by molar-refractivity contribution is 6.30. The number of alkyl halides is 1. The smallest absolute Gasteiger partial charge is 0.254 e. The number of hydrogen-bond acceptors (Lipinski definition) is 1. The summed E-state index contributed by atoms with van der Waals surface area (Å²) < 4.78 is 0. The Morgan fingerprint density at radius 1 is 1.50 bits per heavy atom. The summed E-state index contributed by atoms with van der Waals surface area (Å²) in [7, 11) is 0. The van der Waals surface area contributed by atoms with Gasteiger partial charge >= 0.3 is 0 Å². The van der Waals surface area contributed by atoms with Gasteiger partial charge in [0, 0.05) is 29.6 Å². The Kier molecular flexibility index (Phi) is 4.52. The number of rotatable bonds is 2. The molecular formula is C14H17Cl2NO. The zero-order valence-corrected chi connectivity index (χ0v) is 12.0. The molecular weight excluding hydrogens is 269 g/mol. The summed E-state index contributed by atoms with van der Waals surface area (Å²) in [5.41, 5.74) is 1.68. The van der Waals surface area contributed by atoms with Crippen LogP contribution in [0.3, 0.4) is 0 Å². The number of likely N-dealkylation sites (tertiary alicyclic amines) is 1. The maximum Gasteiger partial charge on any atom is 0.254 e. The van der Waals surface area contributed by atoms with Crippen LogP contribution in [0.2, 0.25) is 5.02 Å². The highest BCUT2D eigenvalue weighted by Gasteiger charge is 2.24. The van der Waals surface area contributed by atoms with Crippen molar-refractivity contribution < 1.29 is 4.79 Å². The third-order valence-corrected chi connectivity index (χ3v) is 4.11. The zero-order valence-electron chi connectivity index (χ0n) is 10.5. The molecule has 0 N–H and O–H groups in total. The molecule has 1 aromatic rings. The summed E-state index contributed by atoms with van der Waals surface area (Å²) in [6, 6.07) is 5.41. The van der Waals surface area contributed by atoms with E-state index in [4.69, 9.17) is 23.2 Å². The topological polar surface area (TPSA) is 20.3 Å². The molecule has 0 radical (unpaired) electrons. The van der Waals surface area contributed by atoms with Crippen molar-refractivity contribution in [1.82, 2.24) is 4.90 Å². The molecule has 4 heteroatoms. The van der Waals surface area contributed by atoms with Crippen LogP contribution in [0.25, 0.3) is 0 Å². The summed E-state index contributed by atoms with van der Waals surface area (Å²) >= 11 is 11.8. The van der Waals surface area contributed by atoms with Crippen LogP contribution in [-0.4, -0.2) is 29.8 Å². The zero-order chi connectivity index (χ0) is 13.1. The molecule has 1 aliphatic heterocycles. The third-order valence-electron chi connectivity index (χ3n) is 3.44. The molecule has 1 fully saturated rings. The van der Waals surface area contributed by atoms with Gasteiger partial charge in [0.05, 0.1) is 0 Å². The maximum atomic E-state index is 12.4. The fourth-order valence-corrected chi connectivity index (χ4v) is 2.89. The van der Waals surface area contributed by atoms with Gasteiger partial charge in [0.1, 0.15) is 0 Å². The molecule has 2 rings (SSSR count). The summed E-state index contributed by atoms with van der Waals surface area (Å²) in [6.07, 6.45) is 2.16. The van der Waals surface area contributed by atoms with Crippen LogP contribution in [0, 0.1) is 12.8 Å². The van der Waals surface area contributed by atoms with E-state index in [1.165, 1.54) is 0 Å². The maximum absolute atomic E-state index is 12.4. The number of carbonyl (C=O) groups excluding carboxylic acids is 1. The van der Waals surface area contributed by atoms with Crippen LogP contribution >= 0.6 is 23.2 Å². The lowest BCUT2D eigenvalue weighted by molar-refractivity contribution is 0.0684. The van der Waals surface area contributed by atoms with Crippen LogP contribution in [0.5, 0.6) is 0 Å². The molecule has 2 nitrogen and oxygen atoms in total. The van der Waals surface area contributed by atoms with Gasteiger partial charge in [-0.2, -0.15) is 0 Å². The second kappa shape index (κ2) is 5.94. The molecule has 0 bridgehead atoms. The first kappa shape index (κ1) is 13.7. The molecule has 1 aromatic carbocycles. The predicted octanol–water partition coefficient (Wildman–Crippen LogP) is 3.74. The van der Waals surface area contributed by atoms with Gasteiger partial charge in [-0.25, -0.2) is 0 Å². The first-order valence-electron chi connectivity index (χ1n) is 6.23. The van der Waals surface area contributed by atoms with Gasteiger partial charge in [-0.15, -0.1) is 11.6 Å². The molecule has 98 valence electrons. The lowest BCUT2D eigenvalue weighted by Crippen LogP contribution is -2.40. The third kappa shape index (κ3) is 2.99. The molecule has 1 unspecified atom stereocenters. The summed E-state index contributed by atoms with van der Waals surface area (Å²) in [5.74, 6) is 1.15. The van der Waals surface area contributed by atoms with Crippen molar-refractivity contribution in [3.05, 3.63) is 34.3 Å². The average Bonchev–Trinajstić information content (AvgIpc) is 2.38. The van der Waals surface area contributed by atoms with E-state index < -0.39 is 0 Å². The van der Waals surface area contributed by atoms with Gasteiger partial charge in [0.2, 0.25) is 0 Å². The molecule has 1 heterocycles. The van der Waals surface area contributed by atoms with E-state index in [1.807, 2.05) is 24.0 Å². The molecule has 18 heavy (non-hydrogen) atoms. The average molecular weight is 286 g/mol. The lowest BCUT2D eigenvalue weighted by atomic mass is 9.98. The van der Waals surface area contributed by atoms with Crippen molar-refractivity contribution in [1.29, 1.82) is 0 Å². The Morgan fingerprint density at radius 3 is 2.94 bits per heavy atom. The lowest BCUT2D eigenvalue weighted by Gasteiger charge is -2.32. The number of carbonyl (C=O) groups is 1. The van der Waals surface area contributed by atoms with Crippen LogP contribution in [-0.2, 0) is 0 Å². The monoisotopic (exact) mass is 285 g/mol. The van der Waals surface area contributed by atoms with Gasteiger partial charge in [-0.1, -0.05) is 11.6 Å². The number of amides is 1. The van der Waals surface area contributed by atoms with E-state index in [-0.39, 0.29) is 5.91 Å². The Balaban J connectivity index is 2.15. The Morgan fingerprint density at radius 2 is 2.28 bits per heavy atom. The molecule has 0 saturated carbocycles. The summed E-state index contributed by atoms with van der Waals surface area (Å²) in [4.78, 5) is 14.3. The van der Waals surface area contributed by atoms with E-state index in [1.54, 1.807) is 6.07 Å². The molecule has 0 aliphatic carbocycles. The molecule has 0 aromatic heterocycles.